The minimum absolute atomic E-state index is 0.133. The number of carbonyl (C=O) groups is 1. The van der Waals surface area contributed by atoms with Crippen molar-refractivity contribution in [2.75, 3.05) is 5.32 Å². The average Bonchev–Trinajstić information content (AvgIpc) is 2.66. The Kier molecular flexibility index (Phi) is 5.89. The van der Waals surface area contributed by atoms with Gasteiger partial charge < -0.3 is 5.32 Å². The first-order chi connectivity index (χ1) is 12.9. The molecule has 4 nitrogen and oxygen atoms in total. The highest BCUT2D eigenvalue weighted by Crippen LogP contribution is 2.37. The largest absolute Gasteiger partial charge is 0.380 e. The fourth-order valence-corrected chi connectivity index (χ4v) is 4.00. The van der Waals surface area contributed by atoms with Crippen LogP contribution in [0.2, 0.25) is 0 Å². The van der Waals surface area contributed by atoms with Gasteiger partial charge in [-0.1, -0.05) is 60.7 Å². The van der Waals surface area contributed by atoms with Crippen molar-refractivity contribution in [1.29, 1.82) is 0 Å². The minimum atomic E-state index is -4.10. The number of nitrogens with one attached hydrogen (secondary N) is 1. The smallest absolute Gasteiger partial charge is 0.262 e. The second-order valence-corrected chi connectivity index (χ2v) is 8.79. The molecule has 3 aromatic carbocycles. The molecule has 138 valence electrons. The lowest BCUT2D eigenvalue weighted by molar-refractivity contribution is 0.109. The summed E-state index contributed by atoms with van der Waals surface area (Å²) in [4.78, 5) is 11.7. The van der Waals surface area contributed by atoms with E-state index < -0.39 is 14.2 Å². The lowest BCUT2D eigenvalue weighted by Gasteiger charge is -2.17. The third-order valence-corrected chi connectivity index (χ3v) is 5.60. The molecule has 27 heavy (non-hydrogen) atoms. The SMILES string of the molecule is O=C(S)c1cc(NCc2ccccc2)c(-c2ccccc2)c(S(=O)(=O)Cl)c1. The molecule has 7 heteroatoms. The number of halogens is 1. The standard InChI is InChI=1S/C20H16ClNO3S2/c21-27(24,25)18-12-16(20(23)26)11-17(19(18)15-9-5-2-6-10-15)22-13-14-7-3-1-4-8-14/h1-12,22H,13H2,(H,23,26). The van der Waals surface area contributed by atoms with E-state index in [1.807, 2.05) is 36.4 Å². The summed E-state index contributed by atoms with van der Waals surface area (Å²) >= 11 is 3.83. The van der Waals surface area contributed by atoms with Gasteiger partial charge >= 0.3 is 0 Å². The van der Waals surface area contributed by atoms with E-state index in [1.165, 1.54) is 6.07 Å². The van der Waals surface area contributed by atoms with Gasteiger partial charge in [-0.05, 0) is 23.3 Å². The Bertz CT molecular complexity index is 1070. The van der Waals surface area contributed by atoms with E-state index in [0.717, 1.165) is 5.56 Å². The topological polar surface area (TPSA) is 63.2 Å². The van der Waals surface area contributed by atoms with Crippen LogP contribution in [0.15, 0.2) is 77.7 Å². The lowest BCUT2D eigenvalue weighted by Crippen LogP contribution is -2.06. The summed E-state index contributed by atoms with van der Waals surface area (Å²) in [5.74, 6) is 0. The molecule has 0 spiro atoms. The van der Waals surface area contributed by atoms with Crippen LogP contribution >= 0.6 is 23.3 Å². The molecule has 3 rings (SSSR count). The molecule has 0 aliphatic carbocycles. The van der Waals surface area contributed by atoms with E-state index in [4.69, 9.17) is 10.7 Å². The summed E-state index contributed by atoms with van der Waals surface area (Å²) in [7, 11) is 1.59. The van der Waals surface area contributed by atoms with Gasteiger partial charge in [-0.15, -0.1) is 12.6 Å². The normalized spacial score (nSPS) is 11.2. The van der Waals surface area contributed by atoms with Crippen molar-refractivity contribution in [3.63, 3.8) is 0 Å². The lowest BCUT2D eigenvalue weighted by atomic mass is 10.0. The van der Waals surface area contributed by atoms with Crippen LogP contribution in [-0.2, 0) is 15.6 Å². The summed E-state index contributed by atoms with van der Waals surface area (Å²) < 4.78 is 24.5. The van der Waals surface area contributed by atoms with Crippen LogP contribution < -0.4 is 5.32 Å². The first-order valence-corrected chi connectivity index (χ1v) is 10.8. The fraction of sp³-hybridized carbons (Fsp3) is 0.0500. The summed E-state index contributed by atoms with van der Waals surface area (Å²) in [6, 6.07) is 21.5. The molecular weight excluding hydrogens is 402 g/mol. The number of carbonyl (C=O) groups excluding carboxylic acids is 1. The summed E-state index contributed by atoms with van der Waals surface area (Å²) in [6.45, 7) is 0.451. The highest BCUT2D eigenvalue weighted by molar-refractivity contribution is 8.13. The zero-order chi connectivity index (χ0) is 19.4. The third-order valence-electron chi connectivity index (χ3n) is 4.00. The number of anilines is 1. The van der Waals surface area contributed by atoms with Gasteiger partial charge in [0.05, 0.1) is 4.90 Å². The highest BCUT2D eigenvalue weighted by Gasteiger charge is 2.23. The molecule has 3 aromatic rings. The zero-order valence-corrected chi connectivity index (χ0v) is 16.6. The Hall–Kier alpha value is -2.28. The monoisotopic (exact) mass is 417 g/mol. The molecule has 0 amide bonds. The summed E-state index contributed by atoms with van der Waals surface area (Å²) in [5, 5.41) is 2.68. The van der Waals surface area contributed by atoms with Crippen LogP contribution in [0, 0.1) is 0 Å². The van der Waals surface area contributed by atoms with Gasteiger partial charge in [0.2, 0.25) is 5.12 Å². The predicted octanol–water partition coefficient (Wildman–Crippen LogP) is 4.96. The minimum Gasteiger partial charge on any atom is -0.380 e. The van der Waals surface area contributed by atoms with Crippen molar-refractivity contribution in [3.05, 3.63) is 83.9 Å². The summed E-state index contributed by atoms with van der Waals surface area (Å²) in [5.41, 5.74) is 2.73. The van der Waals surface area contributed by atoms with Gasteiger partial charge in [0.1, 0.15) is 0 Å². The van der Waals surface area contributed by atoms with Crippen molar-refractivity contribution in [2.24, 2.45) is 0 Å². The first-order valence-electron chi connectivity index (χ1n) is 8.05. The number of thiol groups is 1. The van der Waals surface area contributed by atoms with Gasteiger partial charge in [0.25, 0.3) is 9.05 Å². The van der Waals surface area contributed by atoms with Gasteiger partial charge in [-0.3, -0.25) is 4.79 Å². The van der Waals surface area contributed by atoms with E-state index in [9.17, 15) is 13.2 Å². The molecule has 0 radical (unpaired) electrons. The van der Waals surface area contributed by atoms with Crippen molar-refractivity contribution in [2.45, 2.75) is 11.4 Å². The Balaban J connectivity index is 2.19. The number of benzene rings is 3. The summed E-state index contributed by atoms with van der Waals surface area (Å²) in [6.07, 6.45) is 0. The van der Waals surface area contributed by atoms with Crippen LogP contribution in [0.25, 0.3) is 11.1 Å². The molecule has 0 fully saturated rings. The van der Waals surface area contributed by atoms with Crippen LogP contribution in [0.4, 0.5) is 5.69 Å². The Morgan fingerprint density at radius 3 is 2.11 bits per heavy atom. The number of hydrogen-bond acceptors (Lipinski definition) is 4. The Morgan fingerprint density at radius 2 is 1.56 bits per heavy atom. The van der Waals surface area contributed by atoms with E-state index in [-0.39, 0.29) is 10.5 Å². The molecule has 0 saturated heterocycles. The molecular formula is C20H16ClNO3S2. The van der Waals surface area contributed by atoms with Crippen LogP contribution in [0.5, 0.6) is 0 Å². The second-order valence-electron chi connectivity index (χ2n) is 5.85. The van der Waals surface area contributed by atoms with Gasteiger partial charge in [-0.2, -0.15) is 0 Å². The molecule has 0 heterocycles. The van der Waals surface area contributed by atoms with E-state index in [0.29, 0.717) is 23.4 Å². The molecule has 0 unspecified atom stereocenters. The van der Waals surface area contributed by atoms with Crippen LogP contribution in [0.3, 0.4) is 0 Å². The Labute approximate surface area is 168 Å². The van der Waals surface area contributed by atoms with Gasteiger partial charge in [0.15, 0.2) is 0 Å². The predicted molar refractivity (Wildman–Crippen MR) is 112 cm³/mol. The van der Waals surface area contributed by atoms with Gasteiger partial charge in [-0.25, -0.2) is 8.42 Å². The van der Waals surface area contributed by atoms with Crippen LogP contribution in [-0.4, -0.2) is 13.5 Å². The maximum atomic E-state index is 12.2. The maximum absolute atomic E-state index is 12.2. The fourth-order valence-electron chi connectivity index (χ4n) is 2.77. The molecule has 0 aliphatic heterocycles. The van der Waals surface area contributed by atoms with Crippen molar-refractivity contribution >= 4 is 43.2 Å². The average molecular weight is 418 g/mol. The number of rotatable bonds is 6. The number of hydrogen-bond donors (Lipinski definition) is 2. The van der Waals surface area contributed by atoms with E-state index >= 15 is 0 Å². The van der Waals surface area contributed by atoms with E-state index in [2.05, 4.69) is 17.9 Å². The highest BCUT2D eigenvalue weighted by atomic mass is 35.7. The molecule has 1 N–H and O–H groups in total. The van der Waals surface area contributed by atoms with Crippen molar-refractivity contribution < 1.29 is 13.2 Å². The third kappa shape index (κ3) is 4.71. The molecule has 0 saturated carbocycles. The first kappa shape index (κ1) is 19.5. The van der Waals surface area contributed by atoms with E-state index in [1.54, 1.807) is 30.3 Å². The van der Waals surface area contributed by atoms with Gasteiger partial charge in [0, 0.05) is 34.0 Å². The molecule has 0 aliphatic rings. The quantitative estimate of drug-likeness (QED) is 0.439. The molecule has 0 bridgehead atoms. The van der Waals surface area contributed by atoms with Crippen molar-refractivity contribution in [3.8, 4) is 11.1 Å². The molecule has 0 aromatic heterocycles. The zero-order valence-electron chi connectivity index (χ0n) is 14.1. The van der Waals surface area contributed by atoms with Crippen molar-refractivity contribution in [1.82, 2.24) is 0 Å². The molecule has 0 atom stereocenters. The second kappa shape index (κ2) is 8.17. The van der Waals surface area contributed by atoms with Crippen LogP contribution in [0.1, 0.15) is 15.9 Å². The Morgan fingerprint density at radius 1 is 0.963 bits per heavy atom. The maximum Gasteiger partial charge on any atom is 0.262 e.